The molecule has 19 heteroatoms. The van der Waals surface area contributed by atoms with Crippen LogP contribution in [0.25, 0.3) is 0 Å². The number of aliphatic hydroxyl groups is 1. The zero-order valence-corrected chi connectivity index (χ0v) is 68.0. The number of aliphatic hydroxyl groups excluding tert-OH is 1. The summed E-state index contributed by atoms with van der Waals surface area (Å²) in [4.78, 5) is 73.1. The van der Waals surface area contributed by atoms with E-state index < -0.39 is 97.5 Å². The molecule has 0 amide bonds. The van der Waals surface area contributed by atoms with Gasteiger partial charge in [0.2, 0.25) is 0 Å². The van der Waals surface area contributed by atoms with Crippen LogP contribution in [-0.2, 0) is 65.4 Å². The van der Waals surface area contributed by atoms with Crippen LogP contribution >= 0.6 is 15.6 Å². The van der Waals surface area contributed by atoms with Crippen LogP contribution in [0.15, 0.2) is 0 Å². The van der Waals surface area contributed by atoms with Crippen molar-refractivity contribution in [1.29, 1.82) is 0 Å². The predicted molar refractivity (Wildman–Crippen MR) is 414 cm³/mol. The molecule has 600 valence electrons. The summed E-state index contributed by atoms with van der Waals surface area (Å²) < 4.78 is 68.8. The van der Waals surface area contributed by atoms with Crippen molar-refractivity contribution in [1.82, 2.24) is 0 Å². The second-order valence-electron chi connectivity index (χ2n) is 30.5. The quantitative estimate of drug-likeness (QED) is 0.0222. The van der Waals surface area contributed by atoms with Gasteiger partial charge in [-0.25, -0.2) is 9.13 Å². The van der Waals surface area contributed by atoms with Crippen molar-refractivity contribution < 1.29 is 80.2 Å². The molecule has 17 nitrogen and oxygen atoms in total. The van der Waals surface area contributed by atoms with E-state index in [1.54, 1.807) is 0 Å². The van der Waals surface area contributed by atoms with Crippen LogP contribution in [0.4, 0.5) is 0 Å². The lowest BCUT2D eigenvalue weighted by atomic mass is 10.0. The molecule has 101 heavy (non-hydrogen) atoms. The number of carbonyl (C=O) groups is 4. The van der Waals surface area contributed by atoms with E-state index in [1.807, 2.05) is 0 Å². The number of hydrogen-bond donors (Lipinski definition) is 3. The van der Waals surface area contributed by atoms with E-state index in [9.17, 15) is 43.2 Å². The van der Waals surface area contributed by atoms with Crippen LogP contribution in [0, 0.1) is 11.8 Å². The van der Waals surface area contributed by atoms with Gasteiger partial charge >= 0.3 is 39.5 Å². The summed E-state index contributed by atoms with van der Waals surface area (Å²) in [6, 6.07) is 0. The molecular weight excluding hydrogens is 1320 g/mol. The molecular formula is C82H160O17P2. The van der Waals surface area contributed by atoms with E-state index in [0.29, 0.717) is 25.7 Å². The van der Waals surface area contributed by atoms with Crippen LogP contribution in [0.1, 0.15) is 433 Å². The number of ether oxygens (including phenoxy) is 4. The SMILES string of the molecule is CCCCCCCCCCCCCCCCCCCCCC(=O)O[C@H](COC(=O)CCCCCCCCCCCCCCCCCC)COP(=O)(O)OC[C@@H](O)COP(=O)(O)OC[C@@H](COC(=O)CCCCCCCCCCCCC(C)C)OC(=O)CCCCCCCCCCCCC(C)C. The van der Waals surface area contributed by atoms with Crippen molar-refractivity contribution >= 4 is 39.5 Å². The fraction of sp³-hybridized carbons (Fsp3) is 0.951. The van der Waals surface area contributed by atoms with Crippen molar-refractivity contribution in [3.8, 4) is 0 Å². The standard InChI is InChI=1S/C82H160O17P2/c1-7-9-11-13-15-17-19-21-23-25-26-27-29-31-33-42-48-54-60-66-81(86)98-77(70-92-79(84)64-58-52-46-40-32-30-28-24-22-20-18-16-14-12-10-8-2)72-96-100(88,89)94-68-76(83)69-95-101(90,91)97-73-78(99-82(87)67-61-55-49-43-37-35-39-45-51-57-63-75(5)6)71-93-80(85)65-59-53-47-41-36-34-38-44-50-56-62-74(3)4/h74-78,83H,7-73H2,1-6H3,(H,88,89)(H,90,91)/t76-,77-,78-/m1/s1. The summed E-state index contributed by atoms with van der Waals surface area (Å²) in [6.45, 7) is 9.63. The first kappa shape index (κ1) is 99.1. The molecule has 0 aromatic heterocycles. The molecule has 0 bridgehead atoms. The van der Waals surface area contributed by atoms with Crippen LogP contribution in [0.5, 0.6) is 0 Å². The number of phosphoric ester groups is 2. The van der Waals surface area contributed by atoms with Gasteiger partial charge in [-0.05, 0) is 37.5 Å². The molecule has 0 radical (unpaired) electrons. The Morgan fingerprint density at radius 1 is 0.267 bits per heavy atom. The Morgan fingerprint density at radius 2 is 0.455 bits per heavy atom. The monoisotopic (exact) mass is 1480 g/mol. The zero-order chi connectivity index (χ0) is 74.2. The minimum absolute atomic E-state index is 0.106. The average Bonchev–Trinajstić information content (AvgIpc) is 0.944. The third-order valence-corrected chi connectivity index (χ3v) is 21.1. The van der Waals surface area contributed by atoms with Gasteiger partial charge in [-0.2, -0.15) is 0 Å². The van der Waals surface area contributed by atoms with E-state index in [1.165, 1.54) is 250 Å². The van der Waals surface area contributed by atoms with Crippen LogP contribution in [-0.4, -0.2) is 96.7 Å². The Bertz CT molecular complexity index is 1940. The lowest BCUT2D eigenvalue weighted by Gasteiger charge is -2.21. The molecule has 0 spiro atoms. The Hall–Kier alpha value is -1.94. The molecule has 5 atom stereocenters. The van der Waals surface area contributed by atoms with Gasteiger partial charge in [0.05, 0.1) is 26.4 Å². The van der Waals surface area contributed by atoms with Crippen molar-refractivity contribution in [2.24, 2.45) is 11.8 Å². The first-order chi connectivity index (χ1) is 48.9. The summed E-state index contributed by atoms with van der Waals surface area (Å²) in [5.41, 5.74) is 0. The summed E-state index contributed by atoms with van der Waals surface area (Å²) in [5, 5.41) is 10.7. The van der Waals surface area contributed by atoms with Gasteiger partial charge < -0.3 is 33.8 Å². The highest BCUT2D eigenvalue weighted by molar-refractivity contribution is 7.47. The van der Waals surface area contributed by atoms with Gasteiger partial charge in [0, 0.05) is 25.7 Å². The molecule has 0 aliphatic rings. The fourth-order valence-electron chi connectivity index (χ4n) is 12.7. The molecule has 2 unspecified atom stereocenters. The lowest BCUT2D eigenvalue weighted by molar-refractivity contribution is -0.161. The maximum atomic E-state index is 13.1. The van der Waals surface area contributed by atoms with Gasteiger partial charge in [-0.3, -0.25) is 37.3 Å². The number of phosphoric acid groups is 2. The molecule has 0 heterocycles. The highest BCUT2D eigenvalue weighted by atomic mass is 31.2. The van der Waals surface area contributed by atoms with Gasteiger partial charge in [0.1, 0.15) is 19.3 Å². The van der Waals surface area contributed by atoms with Crippen molar-refractivity contribution in [3.05, 3.63) is 0 Å². The minimum atomic E-state index is -4.96. The van der Waals surface area contributed by atoms with E-state index in [2.05, 4.69) is 41.5 Å². The number of rotatable bonds is 81. The summed E-state index contributed by atoms with van der Waals surface area (Å²) in [7, 11) is -9.92. The Kier molecular flexibility index (Phi) is 72.2. The van der Waals surface area contributed by atoms with E-state index in [0.717, 1.165) is 102 Å². The Balaban J connectivity index is 5.26. The maximum absolute atomic E-state index is 13.1. The van der Waals surface area contributed by atoms with Gasteiger partial charge in [0.15, 0.2) is 12.2 Å². The predicted octanol–water partition coefficient (Wildman–Crippen LogP) is 24.7. The molecule has 0 aromatic carbocycles. The fourth-order valence-corrected chi connectivity index (χ4v) is 14.3. The molecule has 0 rings (SSSR count). The second kappa shape index (κ2) is 73.6. The van der Waals surface area contributed by atoms with E-state index >= 15 is 0 Å². The van der Waals surface area contributed by atoms with Crippen molar-refractivity contribution in [2.75, 3.05) is 39.6 Å². The molecule has 0 aromatic rings. The Labute approximate surface area is 619 Å². The van der Waals surface area contributed by atoms with Gasteiger partial charge in [-0.15, -0.1) is 0 Å². The molecule has 0 aliphatic carbocycles. The van der Waals surface area contributed by atoms with Crippen LogP contribution in [0.3, 0.4) is 0 Å². The van der Waals surface area contributed by atoms with Crippen molar-refractivity contribution in [2.45, 2.75) is 452 Å². The largest absolute Gasteiger partial charge is 0.472 e. The average molecular weight is 1480 g/mol. The first-order valence-corrected chi connectivity index (χ1v) is 45.5. The third kappa shape index (κ3) is 76.1. The van der Waals surface area contributed by atoms with E-state index in [4.69, 9.17) is 37.0 Å². The number of unbranched alkanes of at least 4 members (excludes halogenated alkanes) is 51. The minimum Gasteiger partial charge on any atom is -0.462 e. The molecule has 0 saturated carbocycles. The Morgan fingerprint density at radius 3 is 0.673 bits per heavy atom. The van der Waals surface area contributed by atoms with Gasteiger partial charge in [0.25, 0.3) is 0 Å². The molecule has 0 fully saturated rings. The lowest BCUT2D eigenvalue weighted by Crippen LogP contribution is -2.30. The van der Waals surface area contributed by atoms with Crippen LogP contribution < -0.4 is 0 Å². The second-order valence-corrected chi connectivity index (χ2v) is 33.4. The van der Waals surface area contributed by atoms with E-state index in [-0.39, 0.29) is 25.7 Å². The van der Waals surface area contributed by atoms with Crippen molar-refractivity contribution in [3.63, 3.8) is 0 Å². The third-order valence-electron chi connectivity index (χ3n) is 19.2. The van der Waals surface area contributed by atoms with Gasteiger partial charge in [-0.1, -0.05) is 382 Å². The molecule has 0 saturated heterocycles. The highest BCUT2D eigenvalue weighted by Gasteiger charge is 2.30. The normalized spacial score (nSPS) is 13.9. The molecule has 0 aliphatic heterocycles. The maximum Gasteiger partial charge on any atom is 0.472 e. The summed E-state index contributed by atoms with van der Waals surface area (Å²) >= 11 is 0. The van der Waals surface area contributed by atoms with Crippen LogP contribution in [0.2, 0.25) is 0 Å². The number of carbonyl (C=O) groups excluding carboxylic acids is 4. The topological polar surface area (TPSA) is 237 Å². The summed E-state index contributed by atoms with van der Waals surface area (Å²) in [6.07, 6.45) is 63.8. The number of hydrogen-bond acceptors (Lipinski definition) is 15. The zero-order valence-electron chi connectivity index (χ0n) is 66.2. The molecule has 3 N–H and O–H groups in total. The number of esters is 4. The smallest absolute Gasteiger partial charge is 0.462 e. The highest BCUT2D eigenvalue weighted by Crippen LogP contribution is 2.45. The first-order valence-electron chi connectivity index (χ1n) is 42.5. The summed E-state index contributed by atoms with van der Waals surface area (Å²) in [5.74, 6) is -0.596.